The van der Waals surface area contributed by atoms with Gasteiger partial charge in [0.1, 0.15) is 0 Å². The first-order valence-corrected chi connectivity index (χ1v) is 17.0. The van der Waals surface area contributed by atoms with Crippen molar-refractivity contribution >= 4 is 16.9 Å². The van der Waals surface area contributed by atoms with Crippen molar-refractivity contribution < 1.29 is 0 Å². The standard InChI is InChI=1S/C47H45N/c1-6-7-9-17-36(3)38-28-32-42(33-29-38)48(46-25-15-13-23-44(46)39-18-10-8-11-19-39)43-22-16-21-40-20-12-14-24-45(40)47(5,37(4)34-43)41-30-26-35(2)27-31-41/h6-20,22-34,37H,3,21H2,1-2,4-5H3/b7-6-,17-9-,22-16?,43-34?. The number of aryl methyl sites for hydroxylation is 1. The molecule has 0 saturated heterocycles. The number of para-hydroxylation sites is 1. The van der Waals surface area contributed by atoms with E-state index >= 15 is 0 Å². The minimum atomic E-state index is -0.243. The molecule has 5 aromatic carbocycles. The Balaban J connectivity index is 1.55. The van der Waals surface area contributed by atoms with Gasteiger partial charge in [-0.05, 0) is 83.9 Å². The molecule has 0 bridgehead atoms. The van der Waals surface area contributed by atoms with Gasteiger partial charge in [-0.2, -0.15) is 0 Å². The molecule has 2 unspecified atom stereocenters. The maximum atomic E-state index is 4.33. The van der Waals surface area contributed by atoms with Crippen LogP contribution in [0.1, 0.15) is 48.6 Å². The first-order valence-electron chi connectivity index (χ1n) is 17.0. The third kappa shape index (κ3) is 6.68. The van der Waals surface area contributed by atoms with Crippen LogP contribution in [0.5, 0.6) is 0 Å². The maximum Gasteiger partial charge on any atom is 0.0539 e. The van der Waals surface area contributed by atoms with E-state index in [4.69, 9.17) is 0 Å². The SMILES string of the molecule is C=C(/C=C\C=C/C)c1ccc(N(C2=CC(C)C(C)(c3ccc(C)cc3)c3ccccc3CC=C2)c2ccccc2-c2ccccc2)cc1. The van der Waals surface area contributed by atoms with Crippen molar-refractivity contribution in [3.05, 3.63) is 210 Å². The Morgan fingerprint density at radius 2 is 1.48 bits per heavy atom. The van der Waals surface area contributed by atoms with Crippen molar-refractivity contribution in [3.8, 4) is 11.1 Å². The number of allylic oxidation sites excluding steroid dienone is 8. The predicted octanol–water partition coefficient (Wildman–Crippen LogP) is 12.6. The first-order chi connectivity index (χ1) is 23.4. The van der Waals surface area contributed by atoms with Crippen LogP contribution in [0, 0.1) is 12.8 Å². The maximum absolute atomic E-state index is 4.33. The van der Waals surface area contributed by atoms with Crippen molar-refractivity contribution in [1.29, 1.82) is 0 Å². The topological polar surface area (TPSA) is 3.24 Å². The summed E-state index contributed by atoms with van der Waals surface area (Å²) in [6.07, 6.45) is 16.1. The molecule has 0 heterocycles. The van der Waals surface area contributed by atoms with E-state index in [1.807, 2.05) is 25.2 Å². The second kappa shape index (κ2) is 14.6. The highest BCUT2D eigenvalue weighted by Gasteiger charge is 2.36. The highest BCUT2D eigenvalue weighted by molar-refractivity contribution is 5.85. The number of anilines is 2. The lowest BCUT2D eigenvalue weighted by Crippen LogP contribution is -2.32. The molecule has 6 rings (SSSR count). The van der Waals surface area contributed by atoms with Crippen LogP contribution >= 0.6 is 0 Å². The van der Waals surface area contributed by atoms with E-state index in [1.165, 1.54) is 33.4 Å². The largest absolute Gasteiger partial charge is 0.310 e. The van der Waals surface area contributed by atoms with Gasteiger partial charge in [0.05, 0.1) is 5.69 Å². The van der Waals surface area contributed by atoms with Crippen LogP contribution in [-0.4, -0.2) is 0 Å². The number of hydrogen-bond acceptors (Lipinski definition) is 1. The molecule has 1 aliphatic rings. The molecule has 0 saturated carbocycles. The monoisotopic (exact) mass is 623 g/mol. The summed E-state index contributed by atoms with van der Waals surface area (Å²) in [5.41, 5.74) is 13.0. The van der Waals surface area contributed by atoms with E-state index in [-0.39, 0.29) is 11.3 Å². The van der Waals surface area contributed by atoms with Gasteiger partial charge in [0.15, 0.2) is 0 Å². The molecule has 0 amide bonds. The Labute approximate surface area is 287 Å². The average Bonchev–Trinajstić information content (AvgIpc) is 3.17. The van der Waals surface area contributed by atoms with Gasteiger partial charge in [-0.25, -0.2) is 0 Å². The molecule has 5 aromatic rings. The zero-order valence-corrected chi connectivity index (χ0v) is 28.6. The van der Waals surface area contributed by atoms with Crippen molar-refractivity contribution in [3.63, 3.8) is 0 Å². The van der Waals surface area contributed by atoms with Gasteiger partial charge in [-0.1, -0.05) is 172 Å². The Morgan fingerprint density at radius 3 is 2.23 bits per heavy atom. The minimum Gasteiger partial charge on any atom is -0.310 e. The van der Waals surface area contributed by atoms with Crippen molar-refractivity contribution in [2.75, 3.05) is 4.90 Å². The lowest BCUT2D eigenvalue weighted by molar-refractivity contribution is 0.441. The molecule has 2 atom stereocenters. The van der Waals surface area contributed by atoms with E-state index in [1.54, 1.807) is 0 Å². The minimum absolute atomic E-state index is 0.168. The summed E-state index contributed by atoms with van der Waals surface area (Å²) < 4.78 is 0. The second-order valence-corrected chi connectivity index (χ2v) is 12.9. The fraction of sp³-hybridized carbons (Fsp3) is 0.149. The van der Waals surface area contributed by atoms with Crippen LogP contribution in [0.15, 0.2) is 182 Å². The summed E-state index contributed by atoms with van der Waals surface area (Å²) in [7, 11) is 0. The number of benzene rings is 5. The summed E-state index contributed by atoms with van der Waals surface area (Å²) in [6, 6.07) is 46.4. The van der Waals surface area contributed by atoms with Gasteiger partial charge in [0.2, 0.25) is 0 Å². The van der Waals surface area contributed by atoms with E-state index in [0.29, 0.717) is 0 Å². The quantitative estimate of drug-likeness (QED) is 0.155. The third-order valence-electron chi connectivity index (χ3n) is 9.77. The molecule has 48 heavy (non-hydrogen) atoms. The van der Waals surface area contributed by atoms with Gasteiger partial charge < -0.3 is 4.90 Å². The van der Waals surface area contributed by atoms with E-state index in [0.717, 1.165) is 34.6 Å². The highest BCUT2D eigenvalue weighted by atomic mass is 15.1. The molecule has 0 aliphatic heterocycles. The average molecular weight is 624 g/mol. The molecule has 1 nitrogen and oxygen atoms in total. The van der Waals surface area contributed by atoms with Crippen LogP contribution in [0.4, 0.5) is 11.4 Å². The summed E-state index contributed by atoms with van der Waals surface area (Å²) >= 11 is 0. The number of nitrogens with zero attached hydrogens (tertiary/aromatic N) is 1. The normalized spacial score (nSPS) is 17.8. The van der Waals surface area contributed by atoms with Crippen molar-refractivity contribution in [2.45, 2.75) is 39.5 Å². The molecule has 1 heteroatoms. The van der Waals surface area contributed by atoms with E-state index in [2.05, 4.69) is 184 Å². The van der Waals surface area contributed by atoms with Gasteiger partial charge in [-0.3, -0.25) is 0 Å². The van der Waals surface area contributed by atoms with Crippen LogP contribution in [0.3, 0.4) is 0 Å². The summed E-state index contributed by atoms with van der Waals surface area (Å²) in [6.45, 7) is 13.3. The Morgan fingerprint density at radius 1 is 0.792 bits per heavy atom. The lowest BCUT2D eigenvalue weighted by Gasteiger charge is -2.38. The van der Waals surface area contributed by atoms with E-state index < -0.39 is 0 Å². The molecule has 1 aliphatic carbocycles. The molecule has 0 spiro atoms. The molecular weight excluding hydrogens is 579 g/mol. The summed E-state index contributed by atoms with van der Waals surface area (Å²) in [5, 5.41) is 0. The van der Waals surface area contributed by atoms with Crippen molar-refractivity contribution in [2.24, 2.45) is 5.92 Å². The molecule has 0 fully saturated rings. The fourth-order valence-electron chi connectivity index (χ4n) is 6.86. The second-order valence-electron chi connectivity index (χ2n) is 12.9. The van der Waals surface area contributed by atoms with Crippen LogP contribution in [-0.2, 0) is 11.8 Å². The molecular formula is C47H45N. The molecule has 0 radical (unpaired) electrons. The van der Waals surface area contributed by atoms with Crippen LogP contribution < -0.4 is 4.90 Å². The summed E-state index contributed by atoms with van der Waals surface area (Å²) in [4.78, 5) is 2.43. The number of rotatable bonds is 8. The van der Waals surface area contributed by atoms with Crippen molar-refractivity contribution in [1.82, 2.24) is 0 Å². The molecule has 238 valence electrons. The Bertz CT molecular complexity index is 1990. The predicted molar refractivity (Wildman–Crippen MR) is 208 cm³/mol. The van der Waals surface area contributed by atoms with Crippen LogP contribution in [0.25, 0.3) is 16.7 Å². The van der Waals surface area contributed by atoms with E-state index in [9.17, 15) is 0 Å². The van der Waals surface area contributed by atoms with Gasteiger partial charge in [0, 0.05) is 22.4 Å². The zero-order valence-electron chi connectivity index (χ0n) is 28.6. The molecule has 0 N–H and O–H groups in total. The van der Waals surface area contributed by atoms with Crippen LogP contribution in [0.2, 0.25) is 0 Å². The highest BCUT2D eigenvalue weighted by Crippen LogP contribution is 2.45. The lowest BCUT2D eigenvalue weighted by atomic mass is 9.66. The smallest absolute Gasteiger partial charge is 0.0539 e. The summed E-state index contributed by atoms with van der Waals surface area (Å²) in [5.74, 6) is 0.168. The fourth-order valence-corrected chi connectivity index (χ4v) is 6.86. The van der Waals surface area contributed by atoms with Gasteiger partial charge >= 0.3 is 0 Å². The third-order valence-corrected chi connectivity index (χ3v) is 9.77. The molecule has 0 aromatic heterocycles. The number of fused-ring (bicyclic) bond motifs is 1. The number of hydrogen-bond donors (Lipinski definition) is 0. The Hall–Kier alpha value is -5.40. The van der Waals surface area contributed by atoms with Gasteiger partial charge in [-0.15, -0.1) is 0 Å². The Kier molecular flexibility index (Phi) is 9.88. The first kappa shape index (κ1) is 32.5. The zero-order chi connectivity index (χ0) is 33.5. The van der Waals surface area contributed by atoms with Gasteiger partial charge in [0.25, 0.3) is 0 Å².